The van der Waals surface area contributed by atoms with Crippen LogP contribution in [0.25, 0.3) is 0 Å². The number of hydrogen-bond donors (Lipinski definition) is 0. The predicted molar refractivity (Wildman–Crippen MR) is 180 cm³/mol. The van der Waals surface area contributed by atoms with Crippen molar-refractivity contribution in [1.82, 2.24) is 0 Å². The van der Waals surface area contributed by atoms with E-state index in [1.165, 1.54) is 154 Å². The molecule has 1 aliphatic carbocycles. The minimum atomic E-state index is 0.638. The second-order valence-corrected chi connectivity index (χ2v) is 16.3. The summed E-state index contributed by atoms with van der Waals surface area (Å²) in [5.41, 5.74) is 0. The lowest BCUT2D eigenvalue weighted by Gasteiger charge is -2.36. The summed E-state index contributed by atoms with van der Waals surface area (Å²) in [6.45, 7) is 4.60. The molecule has 1 aliphatic rings. The van der Waals surface area contributed by atoms with Crippen molar-refractivity contribution in [1.29, 1.82) is 0 Å². The highest BCUT2D eigenvalue weighted by molar-refractivity contribution is 9.12. The maximum atomic E-state index is 4.11. The summed E-state index contributed by atoms with van der Waals surface area (Å²) in [6, 6.07) is 0. The van der Waals surface area contributed by atoms with Crippen molar-refractivity contribution in [3.8, 4) is 0 Å². The van der Waals surface area contributed by atoms with Crippen LogP contribution < -0.4 is 0 Å². The molecule has 1 fully saturated rings. The van der Waals surface area contributed by atoms with Gasteiger partial charge in [-0.15, -0.1) is 0 Å². The Morgan fingerprint density at radius 1 is 0.417 bits per heavy atom. The zero-order chi connectivity index (χ0) is 26.4. The van der Waals surface area contributed by atoms with Crippen LogP contribution in [0.1, 0.15) is 168 Å². The molecule has 4 unspecified atom stereocenters. The van der Waals surface area contributed by atoms with Crippen LogP contribution in [0.2, 0.25) is 0 Å². The van der Waals surface area contributed by atoms with E-state index < -0.39 is 0 Å². The highest BCUT2D eigenvalue weighted by Gasteiger charge is 2.34. The van der Waals surface area contributed by atoms with Crippen molar-refractivity contribution in [3.63, 3.8) is 0 Å². The van der Waals surface area contributed by atoms with Crippen LogP contribution in [0.3, 0.4) is 0 Å². The zero-order valence-electron chi connectivity index (χ0n) is 23.9. The molecule has 0 aromatic rings. The van der Waals surface area contributed by atoms with E-state index in [0.29, 0.717) is 19.3 Å². The molecule has 1 rings (SSSR count). The molecule has 0 radical (unpaired) electrons. The minimum absolute atomic E-state index is 0.638. The fourth-order valence-corrected chi connectivity index (χ4v) is 9.09. The summed E-state index contributed by atoms with van der Waals surface area (Å²) in [6.07, 6.45) is 33.8. The molecule has 4 atom stereocenters. The second-order valence-electron chi connectivity index (χ2n) is 11.8. The number of hydrogen-bond acceptors (Lipinski definition) is 0. The molecule has 0 heterocycles. The zero-order valence-corrected chi connectivity index (χ0v) is 30.3. The van der Waals surface area contributed by atoms with Crippen molar-refractivity contribution >= 4 is 63.7 Å². The fourth-order valence-electron chi connectivity index (χ4n) is 5.99. The van der Waals surface area contributed by atoms with Crippen LogP contribution in [0, 0.1) is 11.8 Å². The molecular formula is C32H60Br4. The maximum Gasteiger partial charge on any atom is 0.0299 e. The Morgan fingerprint density at radius 2 is 0.667 bits per heavy atom. The van der Waals surface area contributed by atoms with Gasteiger partial charge in [-0.1, -0.05) is 193 Å². The van der Waals surface area contributed by atoms with Crippen LogP contribution >= 0.6 is 63.7 Å². The third-order valence-corrected chi connectivity index (χ3v) is 14.8. The summed E-state index contributed by atoms with van der Waals surface area (Å²) in [7, 11) is 0. The predicted octanol–water partition coefficient (Wildman–Crippen LogP) is 13.7. The van der Waals surface area contributed by atoms with Crippen molar-refractivity contribution in [2.75, 3.05) is 0 Å². The van der Waals surface area contributed by atoms with Crippen LogP contribution in [-0.2, 0) is 0 Å². The molecule has 4 heteroatoms. The van der Waals surface area contributed by atoms with E-state index in [4.69, 9.17) is 0 Å². The molecule has 0 spiro atoms. The Kier molecular flexibility index (Phi) is 24.7. The normalized spacial score (nSPS) is 21.8. The van der Waals surface area contributed by atoms with Gasteiger partial charge in [0, 0.05) is 19.3 Å². The minimum Gasteiger partial charge on any atom is -0.0878 e. The van der Waals surface area contributed by atoms with Crippen molar-refractivity contribution in [3.05, 3.63) is 0 Å². The van der Waals surface area contributed by atoms with Crippen molar-refractivity contribution < 1.29 is 0 Å². The highest BCUT2D eigenvalue weighted by atomic mass is 79.9. The van der Waals surface area contributed by atoms with Crippen molar-refractivity contribution in [2.24, 2.45) is 11.8 Å². The first-order valence-electron chi connectivity index (χ1n) is 16.1. The maximum absolute atomic E-state index is 4.11. The average molecular weight is 764 g/mol. The van der Waals surface area contributed by atoms with E-state index in [-0.39, 0.29) is 0 Å². The van der Waals surface area contributed by atoms with Crippen molar-refractivity contribution in [2.45, 2.75) is 187 Å². The lowest BCUT2D eigenvalue weighted by molar-refractivity contribution is 0.262. The van der Waals surface area contributed by atoms with Crippen LogP contribution in [0.15, 0.2) is 0 Å². The Bertz CT molecular complexity index is 421. The Hall–Kier alpha value is 1.92. The molecule has 0 amide bonds. The number of unbranched alkanes of at least 4 members (excludes halogenated alkanes) is 16. The molecule has 1 saturated carbocycles. The molecule has 0 bridgehead atoms. The van der Waals surface area contributed by atoms with E-state index in [1.807, 2.05) is 0 Å². The quantitative estimate of drug-likeness (QED) is 0.0678. The topological polar surface area (TPSA) is 0 Å². The Labute approximate surface area is 261 Å². The van der Waals surface area contributed by atoms with Gasteiger partial charge < -0.3 is 0 Å². The SMILES string of the molecule is CCCCCCCCCCCC(Br)C(Br)C1CCC(C(Br)C(Br)CCCCCCCCCCC)CC1. The van der Waals surface area contributed by atoms with Gasteiger partial charge in [0.15, 0.2) is 0 Å². The van der Waals surface area contributed by atoms with Crippen LogP contribution in [0.5, 0.6) is 0 Å². The summed E-state index contributed by atoms with van der Waals surface area (Å²) < 4.78 is 0. The first-order valence-corrected chi connectivity index (χ1v) is 19.7. The molecule has 0 aromatic heterocycles. The number of rotatable bonds is 24. The van der Waals surface area contributed by atoms with Gasteiger partial charge in [-0.25, -0.2) is 0 Å². The summed E-state index contributed by atoms with van der Waals surface area (Å²) in [4.78, 5) is 2.56. The molecule has 0 nitrogen and oxygen atoms in total. The van der Waals surface area contributed by atoms with Crippen LogP contribution in [0.4, 0.5) is 0 Å². The van der Waals surface area contributed by atoms with E-state index in [9.17, 15) is 0 Å². The van der Waals surface area contributed by atoms with Crippen LogP contribution in [-0.4, -0.2) is 19.3 Å². The monoisotopic (exact) mass is 760 g/mol. The summed E-state index contributed by atoms with van der Waals surface area (Å²) in [5, 5.41) is 0. The van der Waals surface area contributed by atoms with Gasteiger partial charge in [-0.05, 0) is 50.4 Å². The Balaban J connectivity index is 2.09. The number of halogens is 4. The molecule has 0 aliphatic heterocycles. The lowest BCUT2D eigenvalue weighted by atomic mass is 9.77. The molecular weight excluding hydrogens is 704 g/mol. The number of alkyl halides is 4. The highest BCUT2D eigenvalue weighted by Crippen LogP contribution is 2.42. The largest absolute Gasteiger partial charge is 0.0878 e. The molecule has 216 valence electrons. The van der Waals surface area contributed by atoms with E-state index in [2.05, 4.69) is 77.6 Å². The average Bonchev–Trinajstić information content (AvgIpc) is 2.90. The van der Waals surface area contributed by atoms with Gasteiger partial charge >= 0.3 is 0 Å². The first kappa shape index (κ1) is 35.9. The van der Waals surface area contributed by atoms with E-state index in [0.717, 1.165) is 11.8 Å². The third-order valence-electron chi connectivity index (χ3n) is 8.58. The first-order chi connectivity index (χ1) is 17.5. The molecule has 0 N–H and O–H groups in total. The van der Waals surface area contributed by atoms with Gasteiger partial charge in [0.1, 0.15) is 0 Å². The van der Waals surface area contributed by atoms with Gasteiger partial charge in [0.2, 0.25) is 0 Å². The van der Waals surface area contributed by atoms with Gasteiger partial charge in [0.25, 0.3) is 0 Å². The van der Waals surface area contributed by atoms with E-state index >= 15 is 0 Å². The standard InChI is InChI=1S/C32H60Br4/c1-3-5-7-9-11-13-15-17-19-21-29(33)31(35)27-23-25-28(26-24-27)32(36)30(34)22-20-18-16-14-12-10-8-6-4-2/h27-32H,3-26H2,1-2H3. The summed E-state index contributed by atoms with van der Waals surface area (Å²) >= 11 is 16.3. The van der Waals surface area contributed by atoms with E-state index in [1.54, 1.807) is 0 Å². The fraction of sp³-hybridized carbons (Fsp3) is 1.00. The third kappa shape index (κ3) is 17.6. The van der Waals surface area contributed by atoms with Gasteiger partial charge in [-0.2, -0.15) is 0 Å². The Morgan fingerprint density at radius 3 is 0.944 bits per heavy atom. The van der Waals surface area contributed by atoms with Gasteiger partial charge in [-0.3, -0.25) is 0 Å². The molecule has 0 aromatic carbocycles. The summed E-state index contributed by atoms with van der Waals surface area (Å²) in [5.74, 6) is 1.69. The second kappa shape index (κ2) is 24.7. The van der Waals surface area contributed by atoms with Gasteiger partial charge in [0.05, 0.1) is 0 Å². The smallest absolute Gasteiger partial charge is 0.0299 e. The molecule has 36 heavy (non-hydrogen) atoms. The lowest BCUT2D eigenvalue weighted by Crippen LogP contribution is -2.33. The molecule has 0 saturated heterocycles.